The third-order valence-electron chi connectivity index (χ3n) is 5.47. The molecule has 0 amide bonds. The first kappa shape index (κ1) is 18.6. The number of benzene rings is 2. The van der Waals surface area contributed by atoms with Crippen LogP contribution in [0.15, 0.2) is 72.8 Å². The molecule has 0 fully saturated rings. The molecule has 1 aromatic heterocycles. The maximum atomic E-state index is 12.8. The van der Waals surface area contributed by atoms with Crippen LogP contribution in [0.4, 0.5) is 0 Å². The van der Waals surface area contributed by atoms with E-state index in [1.54, 1.807) is 24.5 Å². The normalized spacial score (nSPS) is 16.7. The van der Waals surface area contributed by atoms with Gasteiger partial charge in [-0.15, -0.1) is 0 Å². The molecule has 0 radical (unpaired) electrons. The number of allylic oxidation sites excluding steroid dienone is 1. The number of aromatic nitrogens is 1. The van der Waals surface area contributed by atoms with Crippen LogP contribution in [-0.2, 0) is 13.0 Å². The smallest absolute Gasteiger partial charge is 0.231 e. The summed E-state index contributed by atoms with van der Waals surface area (Å²) in [6.45, 7) is 2.18. The van der Waals surface area contributed by atoms with Crippen molar-refractivity contribution in [3.63, 3.8) is 0 Å². The van der Waals surface area contributed by atoms with Crippen LogP contribution in [-0.4, -0.2) is 28.9 Å². The molecule has 5 heteroatoms. The molecular weight excluding hydrogens is 376 g/mol. The summed E-state index contributed by atoms with van der Waals surface area (Å²) < 4.78 is 12.0. The van der Waals surface area contributed by atoms with Gasteiger partial charge in [0.1, 0.15) is 18.2 Å². The molecule has 2 aliphatic rings. The van der Waals surface area contributed by atoms with Crippen molar-refractivity contribution < 1.29 is 14.3 Å². The summed E-state index contributed by atoms with van der Waals surface area (Å²) in [6.07, 6.45) is 7.23. The number of ether oxygens (including phenoxy) is 2. The Morgan fingerprint density at radius 3 is 2.70 bits per heavy atom. The first-order valence-electron chi connectivity index (χ1n) is 10.2. The topological polar surface area (TPSA) is 51.7 Å². The highest BCUT2D eigenvalue weighted by Gasteiger charge is 2.33. The van der Waals surface area contributed by atoms with Gasteiger partial charge in [0.2, 0.25) is 5.78 Å². The van der Waals surface area contributed by atoms with Gasteiger partial charge in [-0.2, -0.15) is 0 Å². The summed E-state index contributed by atoms with van der Waals surface area (Å²) >= 11 is 0. The molecule has 0 aliphatic carbocycles. The fraction of sp³-hybridized carbons (Fsp3) is 0.200. The molecular formula is C25H22N2O3. The number of hydrogen-bond donors (Lipinski definition) is 0. The molecule has 0 saturated carbocycles. The van der Waals surface area contributed by atoms with Gasteiger partial charge in [0.05, 0.1) is 11.1 Å². The minimum absolute atomic E-state index is 0.0918. The van der Waals surface area contributed by atoms with Gasteiger partial charge in [-0.05, 0) is 54.3 Å². The van der Waals surface area contributed by atoms with E-state index < -0.39 is 0 Å². The molecule has 2 aromatic carbocycles. The van der Waals surface area contributed by atoms with Crippen molar-refractivity contribution in [1.29, 1.82) is 0 Å². The van der Waals surface area contributed by atoms with Gasteiger partial charge in [0.15, 0.2) is 5.76 Å². The SMILES string of the molecule is O=C1/C(=C/c2ccncc2)Oc2c1ccc1c2CN(CCCc2ccccc2)CO1. The van der Waals surface area contributed by atoms with Crippen LogP contribution in [0.3, 0.4) is 0 Å². The van der Waals surface area contributed by atoms with Crippen molar-refractivity contribution in [2.45, 2.75) is 19.4 Å². The summed E-state index contributed by atoms with van der Waals surface area (Å²) in [6, 6.07) is 17.9. The third-order valence-corrected chi connectivity index (χ3v) is 5.47. The van der Waals surface area contributed by atoms with Gasteiger partial charge in [-0.3, -0.25) is 14.7 Å². The summed E-state index contributed by atoms with van der Waals surface area (Å²) in [5, 5.41) is 0. The molecule has 0 bridgehead atoms. The Bertz CT molecular complexity index is 1090. The molecule has 5 rings (SSSR count). The van der Waals surface area contributed by atoms with Gasteiger partial charge in [-0.25, -0.2) is 0 Å². The second kappa shape index (κ2) is 8.13. The van der Waals surface area contributed by atoms with E-state index in [0.717, 1.165) is 36.3 Å². The highest BCUT2D eigenvalue weighted by molar-refractivity contribution is 6.15. The number of pyridine rings is 1. The van der Waals surface area contributed by atoms with Crippen molar-refractivity contribution >= 4 is 11.9 Å². The number of carbonyl (C=O) groups is 1. The molecule has 0 unspecified atom stereocenters. The van der Waals surface area contributed by atoms with E-state index in [2.05, 4.69) is 34.1 Å². The van der Waals surface area contributed by atoms with Crippen LogP contribution in [0, 0.1) is 0 Å². The monoisotopic (exact) mass is 398 g/mol. The van der Waals surface area contributed by atoms with Crippen LogP contribution in [0.5, 0.6) is 11.5 Å². The number of nitrogens with zero attached hydrogens (tertiary/aromatic N) is 2. The molecule has 0 atom stereocenters. The second-order valence-electron chi connectivity index (χ2n) is 7.55. The molecule has 5 nitrogen and oxygen atoms in total. The van der Waals surface area contributed by atoms with Gasteiger partial charge >= 0.3 is 0 Å². The number of rotatable bonds is 5. The number of ketones is 1. The third kappa shape index (κ3) is 3.72. The van der Waals surface area contributed by atoms with Gasteiger partial charge in [0, 0.05) is 25.5 Å². The molecule has 2 aliphatic heterocycles. The quantitative estimate of drug-likeness (QED) is 0.593. The van der Waals surface area contributed by atoms with Crippen LogP contribution in [0.25, 0.3) is 6.08 Å². The maximum Gasteiger partial charge on any atom is 0.231 e. The zero-order valence-electron chi connectivity index (χ0n) is 16.6. The Hall–Kier alpha value is -3.44. The Balaban J connectivity index is 1.31. The Labute approximate surface area is 175 Å². The van der Waals surface area contributed by atoms with E-state index in [1.165, 1.54) is 5.56 Å². The van der Waals surface area contributed by atoms with Gasteiger partial charge < -0.3 is 9.47 Å². The number of Topliss-reactive ketones (excluding diaryl/α,β-unsaturated/α-hetero) is 1. The van der Waals surface area contributed by atoms with E-state index in [1.807, 2.05) is 24.3 Å². The predicted molar refractivity (Wildman–Crippen MR) is 114 cm³/mol. The Morgan fingerprint density at radius 1 is 1.03 bits per heavy atom. The highest BCUT2D eigenvalue weighted by Crippen LogP contribution is 2.42. The van der Waals surface area contributed by atoms with Crippen molar-refractivity contribution in [2.75, 3.05) is 13.3 Å². The number of hydrogen-bond acceptors (Lipinski definition) is 5. The molecule has 3 heterocycles. The molecule has 0 spiro atoms. The van der Waals surface area contributed by atoms with Gasteiger partial charge in [0.25, 0.3) is 0 Å². The lowest BCUT2D eigenvalue weighted by atomic mass is 10.0. The van der Waals surface area contributed by atoms with Crippen LogP contribution in [0.1, 0.15) is 33.5 Å². The van der Waals surface area contributed by atoms with Crippen molar-refractivity contribution in [3.05, 3.63) is 95.0 Å². The van der Waals surface area contributed by atoms with Crippen molar-refractivity contribution in [1.82, 2.24) is 9.88 Å². The lowest BCUT2D eigenvalue weighted by molar-refractivity contribution is 0.0928. The lowest BCUT2D eigenvalue weighted by Crippen LogP contribution is -2.33. The van der Waals surface area contributed by atoms with Gasteiger partial charge in [-0.1, -0.05) is 30.3 Å². The van der Waals surface area contributed by atoms with Crippen molar-refractivity contribution in [3.8, 4) is 11.5 Å². The zero-order chi connectivity index (χ0) is 20.3. The number of fused-ring (bicyclic) bond motifs is 3. The van der Waals surface area contributed by atoms with Crippen molar-refractivity contribution in [2.24, 2.45) is 0 Å². The highest BCUT2D eigenvalue weighted by atomic mass is 16.5. The molecule has 30 heavy (non-hydrogen) atoms. The van der Waals surface area contributed by atoms with E-state index >= 15 is 0 Å². The Morgan fingerprint density at radius 2 is 1.87 bits per heavy atom. The minimum atomic E-state index is -0.0918. The summed E-state index contributed by atoms with van der Waals surface area (Å²) in [5.41, 5.74) is 3.78. The van der Waals surface area contributed by atoms with E-state index in [4.69, 9.17) is 9.47 Å². The van der Waals surface area contributed by atoms with E-state index in [0.29, 0.717) is 30.3 Å². The largest absolute Gasteiger partial charge is 0.478 e. The van der Waals surface area contributed by atoms with E-state index in [-0.39, 0.29) is 5.78 Å². The lowest BCUT2D eigenvalue weighted by Gasteiger charge is -2.29. The summed E-state index contributed by atoms with van der Waals surface area (Å²) in [5.74, 6) is 1.67. The maximum absolute atomic E-state index is 12.8. The van der Waals surface area contributed by atoms with Crippen LogP contribution < -0.4 is 9.47 Å². The first-order valence-corrected chi connectivity index (χ1v) is 10.2. The summed E-state index contributed by atoms with van der Waals surface area (Å²) in [7, 11) is 0. The predicted octanol–water partition coefficient (Wildman–Crippen LogP) is 4.48. The molecule has 0 N–H and O–H groups in total. The van der Waals surface area contributed by atoms with E-state index in [9.17, 15) is 4.79 Å². The average molecular weight is 398 g/mol. The Kier molecular flexibility index (Phi) is 5.03. The molecule has 150 valence electrons. The van der Waals surface area contributed by atoms with Crippen LogP contribution >= 0.6 is 0 Å². The summed E-state index contributed by atoms with van der Waals surface area (Å²) in [4.78, 5) is 19.1. The first-order chi connectivity index (χ1) is 14.8. The van der Waals surface area contributed by atoms with Crippen LogP contribution in [0.2, 0.25) is 0 Å². The standard InChI is InChI=1S/C25H22N2O3/c28-24-20-8-9-22-21(25(20)30-23(24)15-19-10-12-26-13-11-19)16-27(17-29-22)14-4-7-18-5-2-1-3-6-18/h1-3,5-6,8-13,15H,4,7,14,16-17H2/b23-15-. The minimum Gasteiger partial charge on any atom is -0.478 e. The zero-order valence-corrected chi connectivity index (χ0v) is 16.6. The molecule has 0 saturated heterocycles. The second-order valence-corrected chi connectivity index (χ2v) is 7.55. The fourth-order valence-electron chi connectivity index (χ4n) is 3.91. The molecule has 3 aromatic rings. The number of carbonyl (C=O) groups excluding carboxylic acids is 1. The fourth-order valence-corrected chi connectivity index (χ4v) is 3.91. The average Bonchev–Trinajstić information content (AvgIpc) is 3.11. The number of aryl methyl sites for hydroxylation is 1.